The summed E-state index contributed by atoms with van der Waals surface area (Å²) in [6.45, 7) is 2.00. The fourth-order valence-corrected chi connectivity index (χ4v) is 3.22. The lowest BCUT2D eigenvalue weighted by Gasteiger charge is -2.30. The first kappa shape index (κ1) is 17.5. The average Bonchev–Trinajstić information content (AvgIpc) is 2.64. The van der Waals surface area contributed by atoms with Gasteiger partial charge in [0.05, 0.1) is 0 Å². The topological polar surface area (TPSA) is 75.8 Å². The maximum absolute atomic E-state index is 12.1. The number of piperidine rings is 1. The lowest BCUT2D eigenvalue weighted by Crippen LogP contribution is -2.42. The average molecular weight is 340 g/mol. The summed E-state index contributed by atoms with van der Waals surface area (Å²) in [6.07, 6.45) is 2.06. The molecule has 1 heterocycles. The Kier molecular flexibility index (Phi) is 5.06. The molecule has 5 nitrogen and oxygen atoms in total. The van der Waals surface area contributed by atoms with E-state index in [1.165, 1.54) is 0 Å². The number of amides is 1. The Bertz CT molecular complexity index is 727. The summed E-state index contributed by atoms with van der Waals surface area (Å²) in [5.41, 5.74) is 4.52. The van der Waals surface area contributed by atoms with Crippen LogP contribution in [-0.2, 0) is 10.4 Å². The highest BCUT2D eigenvalue weighted by Gasteiger charge is 2.38. The minimum Gasteiger partial charge on any atom is -0.490 e. The molecule has 2 aromatic carbocycles. The Morgan fingerprint density at radius 3 is 2.40 bits per heavy atom. The van der Waals surface area contributed by atoms with E-state index < -0.39 is 11.5 Å². The van der Waals surface area contributed by atoms with Crippen LogP contribution in [0, 0.1) is 0 Å². The van der Waals surface area contributed by atoms with Gasteiger partial charge >= 0.3 is 0 Å². The summed E-state index contributed by atoms with van der Waals surface area (Å²) >= 11 is 0. The first-order valence-electron chi connectivity index (χ1n) is 8.53. The molecular formula is C20H24N2O3. The molecule has 1 aliphatic heterocycles. The third-order valence-corrected chi connectivity index (χ3v) is 4.77. The zero-order valence-corrected chi connectivity index (χ0v) is 14.4. The predicted molar refractivity (Wildman–Crippen MR) is 96.2 cm³/mol. The Balaban J connectivity index is 1.87. The molecule has 0 radical (unpaired) electrons. The summed E-state index contributed by atoms with van der Waals surface area (Å²) in [4.78, 5) is 14.4. The lowest BCUT2D eigenvalue weighted by molar-refractivity contribution is -0.133. The van der Waals surface area contributed by atoms with Crippen LogP contribution in [-0.4, -0.2) is 42.2 Å². The quantitative estimate of drug-likeness (QED) is 0.871. The van der Waals surface area contributed by atoms with E-state index >= 15 is 0 Å². The Morgan fingerprint density at radius 2 is 1.76 bits per heavy atom. The van der Waals surface area contributed by atoms with E-state index in [0.717, 1.165) is 25.9 Å². The standard InChI is InChI=1S/C20H24N2O3/c1-22-12-10-17(11-13-22)25-18-9-5-8-16(14-18)20(24,19(21)23)15-6-3-2-4-7-15/h2-9,14,17,24H,10-13H2,1H3,(H2,21,23). The molecule has 0 saturated carbocycles. The molecule has 0 bridgehead atoms. The number of carbonyl (C=O) groups excluding carboxylic acids is 1. The largest absolute Gasteiger partial charge is 0.490 e. The van der Waals surface area contributed by atoms with Crippen molar-refractivity contribution in [3.05, 3.63) is 65.7 Å². The van der Waals surface area contributed by atoms with Crippen LogP contribution in [0.3, 0.4) is 0 Å². The van der Waals surface area contributed by atoms with E-state index in [0.29, 0.717) is 16.9 Å². The normalized spacial score (nSPS) is 18.5. The molecule has 2 aromatic rings. The van der Waals surface area contributed by atoms with Gasteiger partial charge in [0.1, 0.15) is 11.9 Å². The van der Waals surface area contributed by atoms with Gasteiger partial charge in [-0.05, 0) is 37.6 Å². The fraction of sp³-hybridized carbons (Fsp3) is 0.350. The second kappa shape index (κ2) is 7.25. The van der Waals surface area contributed by atoms with Crippen molar-refractivity contribution in [3.8, 4) is 5.75 Å². The van der Waals surface area contributed by atoms with Gasteiger partial charge < -0.3 is 20.5 Å². The molecule has 3 rings (SSSR count). The van der Waals surface area contributed by atoms with Crippen LogP contribution in [0.1, 0.15) is 24.0 Å². The van der Waals surface area contributed by atoms with Crippen molar-refractivity contribution in [2.45, 2.75) is 24.5 Å². The molecule has 1 aliphatic rings. The van der Waals surface area contributed by atoms with Gasteiger partial charge in [0.25, 0.3) is 5.91 Å². The van der Waals surface area contributed by atoms with Crippen LogP contribution in [0.2, 0.25) is 0 Å². The number of nitrogens with zero attached hydrogens (tertiary/aromatic N) is 1. The molecule has 25 heavy (non-hydrogen) atoms. The van der Waals surface area contributed by atoms with Crippen LogP contribution in [0.15, 0.2) is 54.6 Å². The summed E-state index contributed by atoms with van der Waals surface area (Å²) in [5, 5.41) is 11.1. The first-order chi connectivity index (χ1) is 12.0. The van der Waals surface area contributed by atoms with Crippen molar-refractivity contribution < 1.29 is 14.6 Å². The number of carbonyl (C=O) groups is 1. The first-order valence-corrected chi connectivity index (χ1v) is 8.53. The van der Waals surface area contributed by atoms with Crippen molar-refractivity contribution in [2.75, 3.05) is 20.1 Å². The van der Waals surface area contributed by atoms with Gasteiger partial charge in [-0.15, -0.1) is 0 Å². The van der Waals surface area contributed by atoms with Crippen molar-refractivity contribution in [2.24, 2.45) is 5.73 Å². The number of ether oxygens (including phenoxy) is 1. The van der Waals surface area contributed by atoms with Crippen LogP contribution in [0.5, 0.6) is 5.75 Å². The number of hydrogen-bond donors (Lipinski definition) is 2. The third kappa shape index (κ3) is 3.67. The molecular weight excluding hydrogens is 316 g/mol. The zero-order valence-electron chi connectivity index (χ0n) is 14.4. The smallest absolute Gasteiger partial charge is 0.258 e. The molecule has 0 aromatic heterocycles. The number of benzene rings is 2. The van der Waals surface area contributed by atoms with Crippen LogP contribution in [0.4, 0.5) is 0 Å². The molecule has 1 atom stereocenters. The van der Waals surface area contributed by atoms with Crippen LogP contribution in [0.25, 0.3) is 0 Å². The molecule has 1 fully saturated rings. The monoisotopic (exact) mass is 340 g/mol. The number of likely N-dealkylation sites (tertiary alicyclic amines) is 1. The Hall–Kier alpha value is -2.37. The SMILES string of the molecule is CN1CCC(Oc2cccc(C(O)(C(N)=O)c3ccccc3)c2)CC1. The number of primary amides is 1. The summed E-state index contributed by atoms with van der Waals surface area (Å²) in [6, 6.07) is 15.7. The van der Waals surface area contributed by atoms with Crippen LogP contribution < -0.4 is 10.5 Å². The maximum Gasteiger partial charge on any atom is 0.258 e. The van der Waals surface area contributed by atoms with E-state index in [9.17, 15) is 9.90 Å². The molecule has 1 saturated heterocycles. The van der Waals surface area contributed by atoms with Gasteiger partial charge in [-0.25, -0.2) is 0 Å². The molecule has 5 heteroatoms. The van der Waals surface area contributed by atoms with Crippen molar-refractivity contribution >= 4 is 5.91 Å². The van der Waals surface area contributed by atoms with E-state index in [1.54, 1.807) is 42.5 Å². The highest BCUT2D eigenvalue weighted by Crippen LogP contribution is 2.32. The van der Waals surface area contributed by atoms with Gasteiger partial charge in [-0.2, -0.15) is 0 Å². The second-order valence-corrected chi connectivity index (χ2v) is 6.59. The lowest BCUT2D eigenvalue weighted by atomic mass is 9.85. The van der Waals surface area contributed by atoms with Crippen molar-refractivity contribution in [1.82, 2.24) is 4.90 Å². The van der Waals surface area contributed by atoms with Crippen molar-refractivity contribution in [3.63, 3.8) is 0 Å². The minimum atomic E-state index is -1.88. The number of rotatable bonds is 5. The van der Waals surface area contributed by atoms with Gasteiger partial charge in [0.15, 0.2) is 5.60 Å². The second-order valence-electron chi connectivity index (χ2n) is 6.59. The maximum atomic E-state index is 12.1. The fourth-order valence-electron chi connectivity index (χ4n) is 3.22. The number of hydrogen-bond acceptors (Lipinski definition) is 4. The van der Waals surface area contributed by atoms with E-state index in [2.05, 4.69) is 11.9 Å². The zero-order chi connectivity index (χ0) is 17.9. The summed E-state index contributed by atoms with van der Waals surface area (Å²) < 4.78 is 6.07. The highest BCUT2D eigenvalue weighted by atomic mass is 16.5. The Labute approximate surface area is 148 Å². The van der Waals surface area contributed by atoms with Crippen LogP contribution >= 0.6 is 0 Å². The van der Waals surface area contributed by atoms with Gasteiger partial charge in [-0.1, -0.05) is 42.5 Å². The molecule has 132 valence electrons. The van der Waals surface area contributed by atoms with E-state index in [1.807, 2.05) is 12.1 Å². The number of aliphatic hydroxyl groups is 1. The molecule has 0 aliphatic carbocycles. The van der Waals surface area contributed by atoms with Gasteiger partial charge in [0, 0.05) is 18.7 Å². The van der Waals surface area contributed by atoms with Crippen molar-refractivity contribution in [1.29, 1.82) is 0 Å². The molecule has 3 N–H and O–H groups in total. The van der Waals surface area contributed by atoms with Gasteiger partial charge in [0.2, 0.25) is 0 Å². The third-order valence-electron chi connectivity index (χ3n) is 4.77. The Morgan fingerprint density at radius 1 is 1.12 bits per heavy atom. The highest BCUT2D eigenvalue weighted by molar-refractivity contribution is 5.88. The molecule has 0 spiro atoms. The summed E-state index contributed by atoms with van der Waals surface area (Å²) in [5.74, 6) is -0.169. The molecule has 1 unspecified atom stereocenters. The minimum absolute atomic E-state index is 0.143. The predicted octanol–water partition coefficient (Wildman–Crippen LogP) is 1.88. The van der Waals surface area contributed by atoms with E-state index in [-0.39, 0.29) is 6.10 Å². The molecule has 1 amide bonds. The van der Waals surface area contributed by atoms with Gasteiger partial charge in [-0.3, -0.25) is 4.79 Å². The number of nitrogens with two attached hydrogens (primary N) is 1. The van der Waals surface area contributed by atoms with E-state index in [4.69, 9.17) is 10.5 Å². The summed E-state index contributed by atoms with van der Waals surface area (Å²) in [7, 11) is 2.10.